The van der Waals surface area contributed by atoms with Crippen molar-refractivity contribution in [2.24, 2.45) is 5.73 Å². The smallest absolute Gasteiger partial charge is 0.250 e. The zero-order valence-electron chi connectivity index (χ0n) is 11.2. The molecular weight excluding hydrogens is 317 g/mol. The first-order chi connectivity index (χ1) is 9.56. The van der Waals surface area contributed by atoms with Crippen LogP contribution in [0.3, 0.4) is 0 Å². The third-order valence-corrected chi connectivity index (χ3v) is 3.26. The predicted octanol–water partition coefficient (Wildman–Crippen LogP) is 1.18. The lowest BCUT2D eigenvalue weighted by atomic mass is 10.1. The molecule has 2 rings (SSSR count). The second-order valence-corrected chi connectivity index (χ2v) is 4.92. The molecule has 21 heavy (non-hydrogen) atoms. The van der Waals surface area contributed by atoms with E-state index in [0.717, 1.165) is 6.54 Å². The highest BCUT2D eigenvalue weighted by atomic mass is 35.5. The van der Waals surface area contributed by atoms with E-state index < -0.39 is 5.91 Å². The summed E-state index contributed by atoms with van der Waals surface area (Å²) in [5.74, 6) is -0.817. The molecule has 4 N–H and O–H groups in total. The summed E-state index contributed by atoms with van der Waals surface area (Å²) in [7, 11) is 0. The molecule has 0 radical (unpaired) electrons. The first-order valence-electron chi connectivity index (χ1n) is 6.28. The Balaban J connectivity index is 0.00000220. The lowest BCUT2D eigenvalue weighted by Gasteiger charge is -2.23. The van der Waals surface area contributed by atoms with Gasteiger partial charge < -0.3 is 21.1 Å². The molecular formula is C13H17Cl2N3O3. The molecule has 0 spiro atoms. The second-order valence-electron chi connectivity index (χ2n) is 4.51. The molecule has 1 saturated heterocycles. The van der Waals surface area contributed by atoms with Gasteiger partial charge in [-0.15, -0.1) is 12.4 Å². The Morgan fingerprint density at radius 1 is 1.48 bits per heavy atom. The number of carbonyl (C=O) groups is 2. The standard InChI is InChI=1S/C13H16ClN3O3.ClH/c14-11-2-1-8(5-10(11)13(15)19)17-12(18)6-9-7-16-3-4-20-9;/h1-2,5,9,16H,3-4,6-7H2,(H2,15,19)(H,17,18);1H. The maximum Gasteiger partial charge on any atom is 0.250 e. The van der Waals surface area contributed by atoms with E-state index >= 15 is 0 Å². The first-order valence-corrected chi connectivity index (χ1v) is 6.65. The van der Waals surface area contributed by atoms with Gasteiger partial charge >= 0.3 is 0 Å². The van der Waals surface area contributed by atoms with Gasteiger partial charge in [0.1, 0.15) is 0 Å². The molecule has 0 bridgehead atoms. The number of ether oxygens (including phenoxy) is 1. The van der Waals surface area contributed by atoms with Crippen LogP contribution in [0.4, 0.5) is 5.69 Å². The number of halogens is 2. The largest absolute Gasteiger partial charge is 0.375 e. The van der Waals surface area contributed by atoms with Gasteiger partial charge in [0.05, 0.1) is 29.7 Å². The van der Waals surface area contributed by atoms with Crippen molar-refractivity contribution in [3.05, 3.63) is 28.8 Å². The van der Waals surface area contributed by atoms with E-state index in [0.29, 0.717) is 18.8 Å². The minimum absolute atomic E-state index is 0. The Morgan fingerprint density at radius 2 is 2.24 bits per heavy atom. The lowest BCUT2D eigenvalue weighted by Crippen LogP contribution is -2.40. The van der Waals surface area contributed by atoms with Gasteiger partial charge in [-0.3, -0.25) is 9.59 Å². The van der Waals surface area contributed by atoms with E-state index in [1.54, 1.807) is 6.07 Å². The summed E-state index contributed by atoms with van der Waals surface area (Å²) in [6.07, 6.45) is 0.119. The summed E-state index contributed by atoms with van der Waals surface area (Å²) in [6.45, 7) is 2.06. The van der Waals surface area contributed by atoms with E-state index in [1.807, 2.05) is 0 Å². The zero-order valence-corrected chi connectivity index (χ0v) is 12.8. The SMILES string of the molecule is Cl.NC(=O)c1cc(NC(=O)CC2CNCCO2)ccc1Cl. The van der Waals surface area contributed by atoms with Crippen LogP contribution in [-0.4, -0.2) is 37.6 Å². The summed E-state index contributed by atoms with van der Waals surface area (Å²) in [5.41, 5.74) is 5.86. The van der Waals surface area contributed by atoms with E-state index in [-0.39, 0.29) is 41.4 Å². The van der Waals surface area contributed by atoms with Gasteiger partial charge in [0.2, 0.25) is 11.8 Å². The number of morpholine rings is 1. The highest BCUT2D eigenvalue weighted by molar-refractivity contribution is 6.33. The van der Waals surface area contributed by atoms with E-state index in [9.17, 15) is 9.59 Å². The van der Waals surface area contributed by atoms with Gasteiger partial charge in [-0.25, -0.2) is 0 Å². The number of benzene rings is 1. The van der Waals surface area contributed by atoms with Crippen LogP contribution >= 0.6 is 24.0 Å². The molecule has 0 aromatic heterocycles. The number of anilines is 1. The first kappa shape index (κ1) is 17.7. The van der Waals surface area contributed by atoms with Gasteiger partial charge in [-0.05, 0) is 18.2 Å². The van der Waals surface area contributed by atoms with Crippen molar-refractivity contribution in [3.63, 3.8) is 0 Å². The summed E-state index contributed by atoms with van der Waals surface area (Å²) in [5, 5.41) is 6.11. The molecule has 1 fully saturated rings. The van der Waals surface area contributed by atoms with Crippen molar-refractivity contribution in [2.45, 2.75) is 12.5 Å². The minimum atomic E-state index is -0.633. The molecule has 1 aromatic rings. The minimum Gasteiger partial charge on any atom is -0.375 e. The predicted molar refractivity (Wildman–Crippen MR) is 83.1 cm³/mol. The highest BCUT2D eigenvalue weighted by Crippen LogP contribution is 2.20. The monoisotopic (exact) mass is 333 g/mol. The topological polar surface area (TPSA) is 93.5 Å². The number of hydrogen-bond donors (Lipinski definition) is 3. The van der Waals surface area contributed by atoms with Gasteiger partial charge in [0, 0.05) is 18.8 Å². The zero-order chi connectivity index (χ0) is 14.5. The van der Waals surface area contributed by atoms with E-state index in [1.165, 1.54) is 12.1 Å². The third-order valence-electron chi connectivity index (χ3n) is 2.93. The number of amides is 2. The fraction of sp³-hybridized carbons (Fsp3) is 0.385. The van der Waals surface area contributed by atoms with Gasteiger partial charge in [0.25, 0.3) is 0 Å². The average Bonchev–Trinajstić information content (AvgIpc) is 2.41. The molecule has 0 saturated carbocycles. The van der Waals surface area contributed by atoms with Crippen molar-refractivity contribution < 1.29 is 14.3 Å². The lowest BCUT2D eigenvalue weighted by molar-refractivity contribution is -0.119. The van der Waals surface area contributed by atoms with Crippen molar-refractivity contribution in [1.82, 2.24) is 5.32 Å². The fourth-order valence-electron chi connectivity index (χ4n) is 1.96. The van der Waals surface area contributed by atoms with Gasteiger partial charge in [0.15, 0.2) is 0 Å². The Morgan fingerprint density at radius 3 is 2.86 bits per heavy atom. The van der Waals surface area contributed by atoms with Crippen molar-refractivity contribution in [2.75, 3.05) is 25.0 Å². The molecule has 1 unspecified atom stereocenters. The second kappa shape index (κ2) is 8.19. The van der Waals surface area contributed by atoms with Crippen molar-refractivity contribution in [3.8, 4) is 0 Å². The molecule has 0 aliphatic carbocycles. The average molecular weight is 334 g/mol. The Kier molecular flexibility index (Phi) is 6.91. The molecule has 1 atom stereocenters. The van der Waals surface area contributed by atoms with Crippen LogP contribution in [0, 0.1) is 0 Å². The maximum absolute atomic E-state index is 11.9. The van der Waals surface area contributed by atoms with Crippen LogP contribution in [0.5, 0.6) is 0 Å². The quantitative estimate of drug-likeness (QED) is 0.771. The van der Waals surface area contributed by atoms with Crippen LogP contribution in [0.1, 0.15) is 16.8 Å². The van der Waals surface area contributed by atoms with Crippen LogP contribution in [0.25, 0.3) is 0 Å². The molecule has 1 aliphatic heterocycles. The molecule has 1 aliphatic rings. The molecule has 6 nitrogen and oxygen atoms in total. The van der Waals surface area contributed by atoms with Crippen LogP contribution in [-0.2, 0) is 9.53 Å². The number of nitrogens with one attached hydrogen (secondary N) is 2. The summed E-state index contributed by atoms with van der Waals surface area (Å²) < 4.78 is 5.45. The maximum atomic E-state index is 11.9. The summed E-state index contributed by atoms with van der Waals surface area (Å²) in [6, 6.07) is 4.60. The normalized spacial score (nSPS) is 17.7. The Bertz CT molecular complexity index is 519. The Hall–Kier alpha value is -1.34. The van der Waals surface area contributed by atoms with Crippen molar-refractivity contribution in [1.29, 1.82) is 0 Å². The van der Waals surface area contributed by atoms with Crippen molar-refractivity contribution >= 4 is 41.5 Å². The fourth-order valence-corrected chi connectivity index (χ4v) is 2.17. The molecule has 2 amide bonds. The molecule has 1 aromatic carbocycles. The van der Waals surface area contributed by atoms with Crippen LogP contribution < -0.4 is 16.4 Å². The van der Waals surface area contributed by atoms with Crippen LogP contribution in [0.2, 0.25) is 5.02 Å². The van der Waals surface area contributed by atoms with Crippen LogP contribution in [0.15, 0.2) is 18.2 Å². The number of hydrogen-bond acceptors (Lipinski definition) is 4. The Labute approximate surface area is 133 Å². The van der Waals surface area contributed by atoms with Gasteiger partial charge in [-0.2, -0.15) is 0 Å². The summed E-state index contributed by atoms with van der Waals surface area (Å²) >= 11 is 5.84. The van der Waals surface area contributed by atoms with E-state index in [4.69, 9.17) is 22.1 Å². The molecule has 116 valence electrons. The highest BCUT2D eigenvalue weighted by Gasteiger charge is 2.17. The van der Waals surface area contributed by atoms with E-state index in [2.05, 4.69) is 10.6 Å². The number of primary amides is 1. The number of carbonyl (C=O) groups excluding carboxylic acids is 2. The number of rotatable bonds is 4. The molecule has 1 heterocycles. The summed E-state index contributed by atoms with van der Waals surface area (Å²) in [4.78, 5) is 23.1. The number of nitrogens with two attached hydrogens (primary N) is 1. The molecule has 8 heteroatoms. The van der Waals surface area contributed by atoms with Gasteiger partial charge in [-0.1, -0.05) is 11.6 Å². The third kappa shape index (κ3) is 5.17.